The number of aryl methyl sites for hydroxylation is 1. The van der Waals surface area contributed by atoms with Crippen LogP contribution < -0.4 is 5.32 Å². The summed E-state index contributed by atoms with van der Waals surface area (Å²) >= 11 is 0. The number of rotatable bonds is 4. The van der Waals surface area contributed by atoms with Crippen LogP contribution in [0, 0.1) is 0 Å². The lowest BCUT2D eigenvalue weighted by atomic mass is 10.1. The molecule has 0 saturated carbocycles. The van der Waals surface area contributed by atoms with E-state index in [4.69, 9.17) is 4.74 Å². The molecule has 1 aromatic heterocycles. The first-order valence-electron chi connectivity index (χ1n) is 7.74. The van der Waals surface area contributed by atoms with Gasteiger partial charge in [0, 0.05) is 50.1 Å². The number of anilines is 1. The third-order valence-corrected chi connectivity index (χ3v) is 4.36. The second-order valence-electron chi connectivity index (χ2n) is 5.72. The van der Waals surface area contributed by atoms with Gasteiger partial charge in [-0.1, -0.05) is 6.92 Å². The van der Waals surface area contributed by atoms with Crippen LogP contribution in [0.5, 0.6) is 0 Å². The van der Waals surface area contributed by atoms with E-state index in [1.165, 1.54) is 25.8 Å². The van der Waals surface area contributed by atoms with Crippen molar-refractivity contribution in [1.29, 1.82) is 0 Å². The smallest absolute Gasteiger partial charge is 0.129 e. The normalized spacial score (nSPS) is 24.9. The van der Waals surface area contributed by atoms with Crippen LogP contribution in [0.3, 0.4) is 0 Å². The highest BCUT2D eigenvalue weighted by Crippen LogP contribution is 2.22. The molecule has 1 atom stereocenters. The number of likely N-dealkylation sites (tertiary alicyclic amines) is 1. The molecule has 5 heteroatoms. The summed E-state index contributed by atoms with van der Waals surface area (Å²) in [6.07, 6.45) is 6.17. The molecule has 2 aliphatic heterocycles. The molecule has 1 aromatic rings. The van der Waals surface area contributed by atoms with Crippen molar-refractivity contribution < 1.29 is 4.74 Å². The van der Waals surface area contributed by atoms with Crippen LogP contribution in [-0.4, -0.2) is 53.3 Å². The first kappa shape index (κ1) is 13.8. The van der Waals surface area contributed by atoms with Gasteiger partial charge in [-0.25, -0.2) is 9.97 Å². The minimum absolute atomic E-state index is 0.512. The monoisotopic (exact) mass is 276 g/mol. The fourth-order valence-electron chi connectivity index (χ4n) is 3.17. The molecular formula is C15H24N4O. The Morgan fingerprint density at radius 1 is 1.30 bits per heavy atom. The third kappa shape index (κ3) is 3.27. The first-order chi connectivity index (χ1) is 9.85. The van der Waals surface area contributed by atoms with Crippen LogP contribution in [0.25, 0.3) is 0 Å². The van der Waals surface area contributed by atoms with Gasteiger partial charge in [-0.15, -0.1) is 0 Å². The maximum Gasteiger partial charge on any atom is 0.129 e. The minimum atomic E-state index is 0.512. The summed E-state index contributed by atoms with van der Waals surface area (Å²) in [6, 6.07) is 3.29. The summed E-state index contributed by atoms with van der Waals surface area (Å²) < 4.78 is 5.45. The molecule has 0 bridgehead atoms. The van der Waals surface area contributed by atoms with Crippen LogP contribution >= 0.6 is 0 Å². The minimum Gasteiger partial charge on any atom is -0.381 e. The average Bonchev–Trinajstić information content (AvgIpc) is 2.97. The van der Waals surface area contributed by atoms with Gasteiger partial charge in [-0.3, -0.25) is 4.90 Å². The molecule has 1 N–H and O–H groups in total. The van der Waals surface area contributed by atoms with Crippen molar-refractivity contribution in [2.24, 2.45) is 0 Å². The molecule has 5 nitrogen and oxygen atoms in total. The maximum atomic E-state index is 5.45. The Morgan fingerprint density at radius 3 is 2.95 bits per heavy atom. The lowest BCUT2D eigenvalue weighted by Crippen LogP contribution is -2.39. The van der Waals surface area contributed by atoms with Gasteiger partial charge in [-0.2, -0.15) is 0 Å². The van der Waals surface area contributed by atoms with Crippen LogP contribution in [0.2, 0.25) is 0 Å². The molecule has 0 radical (unpaired) electrons. The van der Waals surface area contributed by atoms with Gasteiger partial charge < -0.3 is 10.1 Å². The van der Waals surface area contributed by atoms with E-state index >= 15 is 0 Å². The number of hydrogen-bond donors (Lipinski definition) is 1. The summed E-state index contributed by atoms with van der Waals surface area (Å²) in [5.74, 6) is 0.968. The molecular weight excluding hydrogens is 252 g/mol. The summed E-state index contributed by atoms with van der Waals surface area (Å²) in [7, 11) is 0. The third-order valence-electron chi connectivity index (χ3n) is 4.36. The quantitative estimate of drug-likeness (QED) is 0.907. The summed E-state index contributed by atoms with van der Waals surface area (Å²) in [5, 5.41) is 3.56. The highest BCUT2D eigenvalue weighted by molar-refractivity contribution is 5.36. The highest BCUT2D eigenvalue weighted by Gasteiger charge is 2.29. The fourth-order valence-corrected chi connectivity index (χ4v) is 3.17. The van der Waals surface area contributed by atoms with Crippen molar-refractivity contribution in [1.82, 2.24) is 14.9 Å². The number of nitrogens with one attached hydrogen (secondary N) is 1. The molecule has 0 aliphatic carbocycles. The Morgan fingerprint density at radius 2 is 2.15 bits per heavy atom. The molecule has 0 aromatic carbocycles. The predicted molar refractivity (Wildman–Crippen MR) is 78.9 cm³/mol. The zero-order chi connectivity index (χ0) is 13.8. The van der Waals surface area contributed by atoms with Crippen molar-refractivity contribution in [2.75, 3.05) is 31.6 Å². The van der Waals surface area contributed by atoms with Crippen LogP contribution in [-0.2, 0) is 11.2 Å². The average molecular weight is 276 g/mol. The number of ether oxygens (including phenoxy) is 1. The Labute approximate surface area is 120 Å². The van der Waals surface area contributed by atoms with E-state index in [2.05, 4.69) is 33.2 Å². The number of nitrogens with zero attached hydrogens (tertiary/aromatic N) is 3. The van der Waals surface area contributed by atoms with E-state index in [9.17, 15) is 0 Å². The Bertz CT molecular complexity index is 434. The van der Waals surface area contributed by atoms with E-state index in [-0.39, 0.29) is 0 Å². The molecule has 0 amide bonds. The second kappa shape index (κ2) is 6.50. The summed E-state index contributed by atoms with van der Waals surface area (Å²) in [6.45, 7) is 6.27. The zero-order valence-electron chi connectivity index (χ0n) is 12.2. The molecule has 3 rings (SSSR count). The van der Waals surface area contributed by atoms with Gasteiger partial charge in [0.05, 0.1) is 0 Å². The van der Waals surface area contributed by atoms with Crippen molar-refractivity contribution in [2.45, 2.75) is 44.7 Å². The van der Waals surface area contributed by atoms with E-state index in [1.807, 2.05) is 0 Å². The Balaban J connectivity index is 1.54. The molecule has 20 heavy (non-hydrogen) atoms. The van der Waals surface area contributed by atoms with Gasteiger partial charge in [0.25, 0.3) is 0 Å². The largest absolute Gasteiger partial charge is 0.381 e. The van der Waals surface area contributed by atoms with E-state index < -0.39 is 0 Å². The highest BCUT2D eigenvalue weighted by atomic mass is 16.5. The first-order valence-corrected chi connectivity index (χ1v) is 7.74. The molecule has 2 fully saturated rings. The lowest BCUT2D eigenvalue weighted by molar-refractivity contribution is 0.0421. The fraction of sp³-hybridized carbons (Fsp3) is 0.733. The van der Waals surface area contributed by atoms with Crippen molar-refractivity contribution >= 4 is 5.82 Å². The van der Waals surface area contributed by atoms with Crippen LogP contribution in [0.1, 0.15) is 31.9 Å². The number of hydrogen-bond acceptors (Lipinski definition) is 5. The SMILES string of the molecule is CCc1cc(NC2CCN(C3CCOCC3)C2)ncn1. The predicted octanol–water partition coefficient (Wildman–Crippen LogP) is 1.70. The molecule has 2 saturated heterocycles. The molecule has 3 heterocycles. The van der Waals surface area contributed by atoms with E-state index in [0.717, 1.165) is 37.7 Å². The lowest BCUT2D eigenvalue weighted by Gasteiger charge is -2.31. The molecule has 1 unspecified atom stereocenters. The zero-order valence-corrected chi connectivity index (χ0v) is 12.2. The van der Waals surface area contributed by atoms with Crippen LogP contribution in [0.4, 0.5) is 5.82 Å². The van der Waals surface area contributed by atoms with Gasteiger partial charge >= 0.3 is 0 Å². The standard InChI is InChI=1S/C15H24N4O/c1-2-12-9-15(17-11-16-12)18-13-3-6-19(10-13)14-4-7-20-8-5-14/h9,11,13-14H,2-8,10H2,1H3,(H,16,17,18). The van der Waals surface area contributed by atoms with Crippen molar-refractivity contribution in [3.05, 3.63) is 18.1 Å². The van der Waals surface area contributed by atoms with Crippen LogP contribution in [0.15, 0.2) is 12.4 Å². The Hall–Kier alpha value is -1.20. The van der Waals surface area contributed by atoms with E-state index in [0.29, 0.717) is 12.1 Å². The van der Waals surface area contributed by atoms with Gasteiger partial charge in [0.15, 0.2) is 0 Å². The molecule has 2 aliphatic rings. The van der Waals surface area contributed by atoms with Gasteiger partial charge in [0.1, 0.15) is 12.1 Å². The van der Waals surface area contributed by atoms with E-state index in [1.54, 1.807) is 6.33 Å². The molecule has 0 spiro atoms. The van der Waals surface area contributed by atoms with Crippen molar-refractivity contribution in [3.8, 4) is 0 Å². The van der Waals surface area contributed by atoms with Gasteiger partial charge in [0.2, 0.25) is 0 Å². The summed E-state index contributed by atoms with van der Waals surface area (Å²) in [5.41, 5.74) is 1.10. The second-order valence-corrected chi connectivity index (χ2v) is 5.72. The Kier molecular flexibility index (Phi) is 4.47. The maximum absolute atomic E-state index is 5.45. The van der Waals surface area contributed by atoms with Gasteiger partial charge in [-0.05, 0) is 25.7 Å². The topological polar surface area (TPSA) is 50.3 Å². The van der Waals surface area contributed by atoms with Crippen molar-refractivity contribution in [3.63, 3.8) is 0 Å². The molecule has 110 valence electrons. The number of aromatic nitrogens is 2. The summed E-state index contributed by atoms with van der Waals surface area (Å²) in [4.78, 5) is 11.2.